The standard InChI is InChI=1S/C7H11NO3/c1-3-5(9)6-4(2)7(6)8(10)11/h4,6-7H,3H2,1-2H3. The smallest absolute Gasteiger partial charge is 0.226 e. The molecule has 3 unspecified atom stereocenters. The molecule has 0 aliphatic heterocycles. The predicted octanol–water partition coefficient (Wildman–Crippen LogP) is 0.877. The van der Waals surface area contributed by atoms with E-state index in [4.69, 9.17) is 0 Å². The second kappa shape index (κ2) is 2.60. The van der Waals surface area contributed by atoms with E-state index in [-0.39, 0.29) is 22.5 Å². The number of ketones is 1. The van der Waals surface area contributed by atoms with Crippen molar-refractivity contribution in [2.75, 3.05) is 0 Å². The van der Waals surface area contributed by atoms with E-state index in [0.29, 0.717) is 6.42 Å². The molecule has 3 atom stereocenters. The minimum Gasteiger partial charge on any atom is -0.299 e. The highest BCUT2D eigenvalue weighted by Crippen LogP contribution is 2.41. The Kier molecular flexibility index (Phi) is 1.93. The summed E-state index contributed by atoms with van der Waals surface area (Å²) in [5, 5.41) is 10.3. The van der Waals surface area contributed by atoms with Gasteiger partial charge in [-0.25, -0.2) is 0 Å². The number of nitro groups is 1. The van der Waals surface area contributed by atoms with Crippen LogP contribution in [0.5, 0.6) is 0 Å². The maximum Gasteiger partial charge on any atom is 0.226 e. The Balaban J connectivity index is 2.54. The molecule has 0 heterocycles. The topological polar surface area (TPSA) is 60.2 Å². The van der Waals surface area contributed by atoms with E-state index in [1.165, 1.54) is 0 Å². The molecule has 1 saturated carbocycles. The highest BCUT2D eigenvalue weighted by Gasteiger charge is 2.60. The lowest BCUT2D eigenvalue weighted by molar-refractivity contribution is -0.500. The lowest BCUT2D eigenvalue weighted by atomic mass is 10.2. The molecule has 4 heteroatoms. The molecular weight excluding hydrogens is 146 g/mol. The van der Waals surface area contributed by atoms with E-state index in [1.54, 1.807) is 13.8 Å². The number of hydrogen-bond acceptors (Lipinski definition) is 3. The van der Waals surface area contributed by atoms with Crippen LogP contribution in [0.3, 0.4) is 0 Å². The van der Waals surface area contributed by atoms with E-state index in [9.17, 15) is 14.9 Å². The van der Waals surface area contributed by atoms with Gasteiger partial charge in [0, 0.05) is 17.3 Å². The van der Waals surface area contributed by atoms with Gasteiger partial charge in [0.05, 0.1) is 5.92 Å². The highest BCUT2D eigenvalue weighted by molar-refractivity contribution is 5.84. The van der Waals surface area contributed by atoms with Crippen LogP contribution in [0.25, 0.3) is 0 Å². The van der Waals surface area contributed by atoms with Crippen LogP contribution in [0.15, 0.2) is 0 Å². The summed E-state index contributed by atoms with van der Waals surface area (Å²) >= 11 is 0. The molecule has 0 amide bonds. The Morgan fingerprint density at radius 1 is 1.64 bits per heavy atom. The summed E-state index contributed by atoms with van der Waals surface area (Å²) in [7, 11) is 0. The summed E-state index contributed by atoms with van der Waals surface area (Å²) in [5.41, 5.74) is 0. The Morgan fingerprint density at radius 3 is 2.45 bits per heavy atom. The molecule has 0 aromatic heterocycles. The van der Waals surface area contributed by atoms with Gasteiger partial charge in [-0.3, -0.25) is 14.9 Å². The van der Waals surface area contributed by atoms with Crippen LogP contribution in [0.2, 0.25) is 0 Å². The third kappa shape index (κ3) is 1.25. The molecule has 0 saturated heterocycles. The molecule has 0 spiro atoms. The minimum absolute atomic E-state index is 0.0270. The predicted molar refractivity (Wildman–Crippen MR) is 38.7 cm³/mol. The van der Waals surface area contributed by atoms with Crippen molar-refractivity contribution in [1.29, 1.82) is 0 Å². The summed E-state index contributed by atoms with van der Waals surface area (Å²) in [4.78, 5) is 20.9. The van der Waals surface area contributed by atoms with Crippen molar-refractivity contribution in [3.63, 3.8) is 0 Å². The Morgan fingerprint density at radius 2 is 2.18 bits per heavy atom. The average Bonchev–Trinajstić information content (AvgIpc) is 2.60. The van der Waals surface area contributed by atoms with Crippen molar-refractivity contribution in [3.8, 4) is 0 Å². The number of carbonyl (C=O) groups is 1. The summed E-state index contributed by atoms with van der Waals surface area (Å²) < 4.78 is 0. The first-order chi connectivity index (χ1) is 5.09. The fourth-order valence-electron chi connectivity index (χ4n) is 1.48. The van der Waals surface area contributed by atoms with Crippen LogP contribution in [0.4, 0.5) is 0 Å². The summed E-state index contributed by atoms with van der Waals surface area (Å²) in [5.74, 6) is -0.313. The second-order valence-corrected chi connectivity index (χ2v) is 2.98. The van der Waals surface area contributed by atoms with Gasteiger partial charge in [-0.05, 0) is 0 Å². The fraction of sp³-hybridized carbons (Fsp3) is 0.857. The zero-order chi connectivity index (χ0) is 8.59. The number of Topliss-reactive ketones (excluding diaryl/α,β-unsaturated/α-hetero) is 1. The summed E-state index contributed by atoms with van der Waals surface area (Å²) in [6, 6.07) is -0.595. The molecule has 11 heavy (non-hydrogen) atoms. The Hall–Kier alpha value is -0.930. The maximum absolute atomic E-state index is 11.0. The molecule has 1 fully saturated rings. The number of rotatable bonds is 3. The molecule has 1 aliphatic rings. The van der Waals surface area contributed by atoms with Crippen LogP contribution in [0.1, 0.15) is 20.3 Å². The molecular formula is C7H11NO3. The number of carbonyl (C=O) groups excluding carboxylic acids is 1. The van der Waals surface area contributed by atoms with Crippen LogP contribution >= 0.6 is 0 Å². The first-order valence-corrected chi connectivity index (χ1v) is 3.75. The van der Waals surface area contributed by atoms with Crippen LogP contribution in [0, 0.1) is 22.0 Å². The van der Waals surface area contributed by atoms with Gasteiger partial charge in [0.15, 0.2) is 0 Å². The molecule has 0 N–H and O–H groups in total. The van der Waals surface area contributed by atoms with Gasteiger partial charge in [-0.2, -0.15) is 0 Å². The van der Waals surface area contributed by atoms with Crippen LogP contribution in [-0.4, -0.2) is 16.7 Å². The average molecular weight is 157 g/mol. The minimum atomic E-state index is -0.595. The Labute approximate surface area is 64.7 Å². The largest absolute Gasteiger partial charge is 0.299 e. The maximum atomic E-state index is 11.0. The van der Waals surface area contributed by atoms with Crippen LogP contribution < -0.4 is 0 Å². The van der Waals surface area contributed by atoms with E-state index >= 15 is 0 Å². The molecule has 4 nitrogen and oxygen atoms in total. The molecule has 1 aliphatic carbocycles. The van der Waals surface area contributed by atoms with Gasteiger partial charge < -0.3 is 0 Å². The van der Waals surface area contributed by atoms with E-state index < -0.39 is 6.04 Å². The molecule has 0 bridgehead atoms. The zero-order valence-electron chi connectivity index (χ0n) is 6.61. The van der Waals surface area contributed by atoms with Gasteiger partial charge in [0.25, 0.3) is 0 Å². The summed E-state index contributed by atoms with van der Waals surface area (Å²) in [6.07, 6.45) is 0.416. The van der Waals surface area contributed by atoms with E-state index in [2.05, 4.69) is 0 Å². The quantitative estimate of drug-likeness (QED) is 0.451. The third-order valence-electron chi connectivity index (χ3n) is 2.30. The van der Waals surface area contributed by atoms with Crippen LogP contribution in [-0.2, 0) is 4.79 Å². The number of hydrogen-bond donors (Lipinski definition) is 0. The second-order valence-electron chi connectivity index (χ2n) is 2.98. The first kappa shape index (κ1) is 8.17. The summed E-state index contributed by atoms with van der Waals surface area (Å²) in [6.45, 7) is 3.50. The molecule has 62 valence electrons. The van der Waals surface area contributed by atoms with Crippen molar-refractivity contribution >= 4 is 5.78 Å². The van der Waals surface area contributed by atoms with Crippen molar-refractivity contribution in [2.24, 2.45) is 11.8 Å². The van der Waals surface area contributed by atoms with Gasteiger partial charge in [0.1, 0.15) is 5.78 Å². The fourth-order valence-corrected chi connectivity index (χ4v) is 1.48. The lowest BCUT2D eigenvalue weighted by Gasteiger charge is -1.88. The van der Waals surface area contributed by atoms with E-state index in [0.717, 1.165) is 0 Å². The van der Waals surface area contributed by atoms with Gasteiger partial charge in [0.2, 0.25) is 6.04 Å². The van der Waals surface area contributed by atoms with Gasteiger partial charge >= 0.3 is 0 Å². The molecule has 0 aromatic carbocycles. The SMILES string of the molecule is CCC(=O)C1C(C)C1[N+](=O)[O-]. The highest BCUT2D eigenvalue weighted by atomic mass is 16.6. The van der Waals surface area contributed by atoms with Crippen molar-refractivity contribution in [1.82, 2.24) is 0 Å². The third-order valence-corrected chi connectivity index (χ3v) is 2.30. The van der Waals surface area contributed by atoms with Crippen molar-refractivity contribution in [2.45, 2.75) is 26.3 Å². The zero-order valence-corrected chi connectivity index (χ0v) is 6.61. The number of nitrogens with zero attached hydrogens (tertiary/aromatic N) is 1. The van der Waals surface area contributed by atoms with Gasteiger partial charge in [-0.15, -0.1) is 0 Å². The van der Waals surface area contributed by atoms with Gasteiger partial charge in [-0.1, -0.05) is 13.8 Å². The van der Waals surface area contributed by atoms with Crippen molar-refractivity contribution < 1.29 is 9.72 Å². The van der Waals surface area contributed by atoms with Crippen molar-refractivity contribution in [3.05, 3.63) is 10.1 Å². The lowest BCUT2D eigenvalue weighted by Crippen LogP contribution is -2.09. The first-order valence-electron chi connectivity index (χ1n) is 3.75. The normalized spacial score (nSPS) is 34.9. The molecule has 0 aromatic rings. The van der Waals surface area contributed by atoms with E-state index in [1.807, 2.05) is 0 Å². The molecule has 0 radical (unpaired) electrons. The molecule has 1 rings (SSSR count). The monoisotopic (exact) mass is 157 g/mol. The Bertz CT molecular complexity index is 202.